The van der Waals surface area contributed by atoms with Crippen LogP contribution in [0.5, 0.6) is 5.75 Å². The molecule has 0 spiro atoms. The summed E-state index contributed by atoms with van der Waals surface area (Å²) in [5.74, 6) is 0.118. The number of hydrogen-bond donors (Lipinski definition) is 1. The minimum atomic E-state index is -0.203. The van der Waals surface area contributed by atoms with E-state index >= 15 is 0 Å². The second kappa shape index (κ2) is 7.79. The Bertz CT molecular complexity index is 444. The third-order valence-corrected chi connectivity index (χ3v) is 3.17. The fraction of sp³-hybridized carbons (Fsp3) is 0.429. The van der Waals surface area contributed by atoms with Crippen LogP contribution < -0.4 is 10.1 Å². The van der Waals surface area contributed by atoms with Crippen LogP contribution in [0.2, 0.25) is 5.02 Å². The Balaban J connectivity index is 2.60. The second-order valence-corrected chi connectivity index (χ2v) is 4.55. The monoisotopic (exact) mass is 283 g/mol. The van der Waals surface area contributed by atoms with E-state index in [1.54, 1.807) is 18.2 Å². The molecule has 5 heteroatoms. The molecule has 0 fully saturated rings. The largest absolute Gasteiger partial charge is 0.483 e. The summed E-state index contributed by atoms with van der Waals surface area (Å²) in [6, 6.07) is 5.03. The molecule has 19 heavy (non-hydrogen) atoms. The molecule has 0 aliphatic rings. The van der Waals surface area contributed by atoms with Crippen LogP contribution in [0, 0.1) is 0 Å². The number of amides is 1. The lowest BCUT2D eigenvalue weighted by Crippen LogP contribution is -2.37. The van der Waals surface area contributed by atoms with Gasteiger partial charge in [-0.25, -0.2) is 0 Å². The van der Waals surface area contributed by atoms with E-state index in [0.29, 0.717) is 17.1 Å². The zero-order valence-corrected chi connectivity index (χ0v) is 11.9. The van der Waals surface area contributed by atoms with Gasteiger partial charge >= 0.3 is 0 Å². The van der Waals surface area contributed by atoms with Crippen LogP contribution in [0.3, 0.4) is 0 Å². The van der Waals surface area contributed by atoms with Gasteiger partial charge in [-0.05, 0) is 25.0 Å². The second-order valence-electron chi connectivity index (χ2n) is 4.14. The fourth-order valence-corrected chi connectivity index (χ4v) is 1.87. The number of nitrogens with one attached hydrogen (secondary N) is 1. The smallest absolute Gasteiger partial charge is 0.258 e. The summed E-state index contributed by atoms with van der Waals surface area (Å²) in [4.78, 5) is 22.6. The van der Waals surface area contributed by atoms with Gasteiger partial charge in [0.2, 0.25) is 0 Å². The predicted molar refractivity (Wildman–Crippen MR) is 74.8 cm³/mol. The minimum absolute atomic E-state index is 0.127. The summed E-state index contributed by atoms with van der Waals surface area (Å²) in [5, 5.41) is 3.17. The molecule has 0 unspecified atom stereocenters. The lowest BCUT2D eigenvalue weighted by Gasteiger charge is -2.15. The minimum Gasteiger partial charge on any atom is -0.483 e. The van der Waals surface area contributed by atoms with Gasteiger partial charge in [0.1, 0.15) is 5.75 Å². The highest BCUT2D eigenvalue weighted by molar-refractivity contribution is 6.33. The van der Waals surface area contributed by atoms with Crippen molar-refractivity contribution in [1.29, 1.82) is 0 Å². The first-order valence-electron chi connectivity index (χ1n) is 6.28. The van der Waals surface area contributed by atoms with Crippen molar-refractivity contribution in [3.8, 4) is 5.75 Å². The molecule has 104 valence electrons. The quantitative estimate of drug-likeness (QED) is 0.783. The zero-order valence-electron chi connectivity index (χ0n) is 11.1. The first-order valence-corrected chi connectivity index (χ1v) is 6.66. The van der Waals surface area contributed by atoms with Crippen LogP contribution >= 0.6 is 11.6 Å². The van der Waals surface area contributed by atoms with Gasteiger partial charge in [0.05, 0.1) is 10.6 Å². The molecule has 0 aromatic heterocycles. The SMILES string of the molecule is CCC(CC)NC(=O)COc1cccc(Cl)c1C=O. The molecule has 1 N–H and O–H groups in total. The lowest BCUT2D eigenvalue weighted by molar-refractivity contribution is -0.123. The molecule has 0 atom stereocenters. The molecule has 4 nitrogen and oxygen atoms in total. The molecule has 0 radical (unpaired) electrons. The number of carbonyl (C=O) groups is 2. The Labute approximate surface area is 118 Å². The Morgan fingerprint density at radius 1 is 1.42 bits per heavy atom. The fourth-order valence-electron chi connectivity index (χ4n) is 1.66. The number of aldehydes is 1. The van der Waals surface area contributed by atoms with Crippen LogP contribution in [-0.2, 0) is 4.79 Å². The maximum absolute atomic E-state index is 11.7. The molecule has 1 aromatic carbocycles. The van der Waals surface area contributed by atoms with E-state index in [-0.39, 0.29) is 24.1 Å². The standard InChI is InChI=1S/C14H18ClNO3/c1-3-10(4-2)16-14(18)9-19-13-7-5-6-12(15)11(13)8-17/h5-8,10H,3-4,9H2,1-2H3,(H,16,18). The van der Waals surface area contributed by atoms with Crippen molar-refractivity contribution in [3.63, 3.8) is 0 Å². The van der Waals surface area contributed by atoms with Gasteiger partial charge in [-0.15, -0.1) is 0 Å². The van der Waals surface area contributed by atoms with Gasteiger partial charge in [0.25, 0.3) is 5.91 Å². The molecule has 0 bridgehead atoms. The summed E-state index contributed by atoms with van der Waals surface area (Å²) in [5.41, 5.74) is 0.263. The highest BCUT2D eigenvalue weighted by atomic mass is 35.5. The van der Waals surface area contributed by atoms with Crippen molar-refractivity contribution in [2.75, 3.05) is 6.61 Å². The number of carbonyl (C=O) groups excluding carboxylic acids is 2. The van der Waals surface area contributed by atoms with E-state index in [9.17, 15) is 9.59 Å². The lowest BCUT2D eigenvalue weighted by atomic mass is 10.2. The number of ether oxygens (including phenoxy) is 1. The van der Waals surface area contributed by atoms with Crippen LogP contribution in [-0.4, -0.2) is 24.8 Å². The summed E-state index contributed by atoms with van der Waals surface area (Å²) >= 11 is 5.86. The maximum Gasteiger partial charge on any atom is 0.258 e. The van der Waals surface area contributed by atoms with Crippen molar-refractivity contribution in [2.24, 2.45) is 0 Å². The number of benzene rings is 1. The maximum atomic E-state index is 11.7. The van der Waals surface area contributed by atoms with E-state index in [1.807, 2.05) is 13.8 Å². The van der Waals surface area contributed by atoms with Crippen LogP contribution in [0.15, 0.2) is 18.2 Å². The Hall–Kier alpha value is -1.55. The van der Waals surface area contributed by atoms with E-state index in [1.165, 1.54) is 0 Å². The third kappa shape index (κ3) is 4.56. The molecule has 0 aliphatic carbocycles. The number of halogens is 1. The summed E-state index contributed by atoms with van der Waals surface area (Å²) in [7, 11) is 0. The van der Waals surface area contributed by atoms with E-state index in [0.717, 1.165) is 12.8 Å². The molecule has 0 heterocycles. The molecular formula is C14H18ClNO3. The Morgan fingerprint density at radius 3 is 2.68 bits per heavy atom. The van der Waals surface area contributed by atoms with E-state index in [4.69, 9.17) is 16.3 Å². The van der Waals surface area contributed by atoms with Crippen molar-refractivity contribution in [3.05, 3.63) is 28.8 Å². The molecular weight excluding hydrogens is 266 g/mol. The average Bonchev–Trinajstić information content (AvgIpc) is 2.42. The average molecular weight is 284 g/mol. The molecule has 1 rings (SSSR count). The zero-order chi connectivity index (χ0) is 14.3. The number of hydrogen-bond acceptors (Lipinski definition) is 3. The summed E-state index contributed by atoms with van der Waals surface area (Å²) < 4.78 is 5.33. The highest BCUT2D eigenvalue weighted by Crippen LogP contribution is 2.24. The van der Waals surface area contributed by atoms with Gasteiger partial charge in [-0.3, -0.25) is 9.59 Å². The van der Waals surface area contributed by atoms with Gasteiger partial charge in [0, 0.05) is 6.04 Å². The predicted octanol–water partition coefficient (Wildman–Crippen LogP) is 2.84. The van der Waals surface area contributed by atoms with Crippen molar-refractivity contribution in [2.45, 2.75) is 32.7 Å². The topological polar surface area (TPSA) is 55.4 Å². The molecule has 1 aromatic rings. The van der Waals surface area contributed by atoms with Crippen molar-refractivity contribution in [1.82, 2.24) is 5.32 Å². The van der Waals surface area contributed by atoms with Crippen LogP contribution in [0.1, 0.15) is 37.0 Å². The van der Waals surface area contributed by atoms with E-state index in [2.05, 4.69) is 5.32 Å². The van der Waals surface area contributed by atoms with E-state index < -0.39 is 0 Å². The van der Waals surface area contributed by atoms with Crippen molar-refractivity contribution >= 4 is 23.8 Å². The van der Waals surface area contributed by atoms with Crippen molar-refractivity contribution < 1.29 is 14.3 Å². The van der Waals surface area contributed by atoms with Gasteiger partial charge in [-0.1, -0.05) is 31.5 Å². The normalized spacial score (nSPS) is 10.3. The van der Waals surface area contributed by atoms with Gasteiger partial charge in [-0.2, -0.15) is 0 Å². The number of rotatable bonds is 7. The summed E-state index contributed by atoms with van der Waals surface area (Å²) in [6.07, 6.45) is 2.37. The van der Waals surface area contributed by atoms with Crippen LogP contribution in [0.25, 0.3) is 0 Å². The van der Waals surface area contributed by atoms with Crippen LogP contribution in [0.4, 0.5) is 0 Å². The molecule has 0 aliphatic heterocycles. The Morgan fingerprint density at radius 2 is 2.11 bits per heavy atom. The molecule has 0 saturated heterocycles. The van der Waals surface area contributed by atoms with Gasteiger partial charge < -0.3 is 10.1 Å². The molecule has 0 saturated carbocycles. The molecule has 1 amide bonds. The first-order chi connectivity index (χ1) is 9.12. The van der Waals surface area contributed by atoms with Gasteiger partial charge in [0.15, 0.2) is 12.9 Å². The Kier molecular flexibility index (Phi) is 6.36. The third-order valence-electron chi connectivity index (χ3n) is 2.84. The highest BCUT2D eigenvalue weighted by Gasteiger charge is 2.11. The first kappa shape index (κ1) is 15.5. The summed E-state index contributed by atoms with van der Waals surface area (Å²) in [6.45, 7) is 3.89.